The molecule has 3 atom stereocenters. The van der Waals surface area contributed by atoms with Crippen molar-refractivity contribution in [3.05, 3.63) is 35.9 Å². The van der Waals surface area contributed by atoms with E-state index in [2.05, 4.69) is 6.92 Å². The van der Waals surface area contributed by atoms with Gasteiger partial charge in [-0.1, -0.05) is 31.5 Å². The molecule has 20 heavy (non-hydrogen) atoms. The maximum absolute atomic E-state index is 12.5. The summed E-state index contributed by atoms with van der Waals surface area (Å²) in [5.74, 6) is 0.841. The molecule has 0 aromatic heterocycles. The first-order valence-corrected chi connectivity index (χ1v) is 7.71. The Balaban J connectivity index is 1.77. The third kappa shape index (κ3) is 2.24. The number of hydrogen-bond donors (Lipinski definition) is 1. The van der Waals surface area contributed by atoms with Gasteiger partial charge in [0.15, 0.2) is 0 Å². The Morgan fingerprint density at radius 3 is 2.80 bits per heavy atom. The Kier molecular flexibility index (Phi) is 3.55. The van der Waals surface area contributed by atoms with Crippen molar-refractivity contribution in [1.29, 1.82) is 0 Å². The second-order valence-corrected chi connectivity index (χ2v) is 6.29. The van der Waals surface area contributed by atoms with Crippen molar-refractivity contribution in [3.63, 3.8) is 0 Å². The molecule has 3 rings (SSSR count). The van der Waals surface area contributed by atoms with Crippen LogP contribution in [0.15, 0.2) is 30.3 Å². The number of nitrogens with zero attached hydrogens (tertiary/aromatic N) is 1. The lowest BCUT2D eigenvalue weighted by Crippen LogP contribution is -2.44. The molecule has 2 aliphatic rings. The number of aliphatic hydroxyl groups is 1. The molecule has 1 aliphatic heterocycles. The summed E-state index contributed by atoms with van der Waals surface area (Å²) in [6.07, 6.45) is 3.91. The molecule has 0 radical (unpaired) electrons. The van der Waals surface area contributed by atoms with Crippen LogP contribution in [0.3, 0.4) is 0 Å². The molecule has 1 heterocycles. The van der Waals surface area contributed by atoms with Crippen LogP contribution in [-0.2, 0) is 0 Å². The van der Waals surface area contributed by atoms with E-state index in [1.54, 1.807) is 0 Å². The van der Waals surface area contributed by atoms with E-state index in [0.29, 0.717) is 12.5 Å². The minimum atomic E-state index is -0.561. The summed E-state index contributed by atoms with van der Waals surface area (Å²) in [5.41, 5.74) is 0.195. The molecule has 2 fully saturated rings. The Hall–Kier alpha value is -1.35. The Labute approximate surface area is 120 Å². The second kappa shape index (κ2) is 5.21. The summed E-state index contributed by atoms with van der Waals surface area (Å²) in [5, 5.41) is 10.8. The monoisotopic (exact) mass is 273 g/mol. The lowest BCUT2D eigenvalue weighted by Gasteiger charge is -2.40. The highest BCUT2D eigenvalue weighted by Gasteiger charge is 2.48. The molecular weight excluding hydrogens is 250 g/mol. The highest BCUT2D eigenvalue weighted by atomic mass is 16.3. The van der Waals surface area contributed by atoms with E-state index in [9.17, 15) is 9.90 Å². The minimum Gasteiger partial charge on any atom is -0.390 e. The van der Waals surface area contributed by atoms with Gasteiger partial charge in [-0.2, -0.15) is 0 Å². The first-order chi connectivity index (χ1) is 9.64. The smallest absolute Gasteiger partial charge is 0.253 e. The summed E-state index contributed by atoms with van der Waals surface area (Å²) in [4.78, 5) is 14.5. The molecule has 1 saturated heterocycles. The molecule has 108 valence electrons. The van der Waals surface area contributed by atoms with E-state index >= 15 is 0 Å². The maximum Gasteiger partial charge on any atom is 0.253 e. The molecule has 3 heteroatoms. The van der Waals surface area contributed by atoms with Crippen molar-refractivity contribution in [3.8, 4) is 0 Å². The zero-order valence-electron chi connectivity index (χ0n) is 12.1. The highest BCUT2D eigenvalue weighted by Crippen LogP contribution is 2.44. The van der Waals surface area contributed by atoms with Crippen LogP contribution in [0.2, 0.25) is 0 Å². The third-order valence-corrected chi connectivity index (χ3v) is 5.24. The number of carbonyl (C=O) groups excluding carboxylic acids is 1. The molecule has 1 N–H and O–H groups in total. The Morgan fingerprint density at radius 1 is 1.35 bits per heavy atom. The third-order valence-electron chi connectivity index (χ3n) is 5.24. The molecule has 3 nitrogen and oxygen atoms in total. The zero-order chi connectivity index (χ0) is 14.2. The fraction of sp³-hybridized carbons (Fsp3) is 0.588. The van der Waals surface area contributed by atoms with Crippen molar-refractivity contribution in [2.75, 3.05) is 13.1 Å². The van der Waals surface area contributed by atoms with Gasteiger partial charge in [-0.15, -0.1) is 0 Å². The van der Waals surface area contributed by atoms with Crippen LogP contribution in [0, 0.1) is 11.8 Å². The largest absolute Gasteiger partial charge is 0.390 e. The highest BCUT2D eigenvalue weighted by molar-refractivity contribution is 5.94. The van der Waals surface area contributed by atoms with Crippen molar-refractivity contribution < 1.29 is 9.90 Å². The number of amides is 1. The average molecular weight is 273 g/mol. The van der Waals surface area contributed by atoms with Crippen LogP contribution in [0.25, 0.3) is 0 Å². The lowest BCUT2D eigenvalue weighted by molar-refractivity contribution is -0.0609. The molecule has 1 aliphatic carbocycles. The molecule has 1 aromatic carbocycles. The number of benzene rings is 1. The first-order valence-electron chi connectivity index (χ1n) is 7.71. The van der Waals surface area contributed by atoms with E-state index in [0.717, 1.165) is 37.8 Å². The number of rotatable bonds is 2. The summed E-state index contributed by atoms with van der Waals surface area (Å²) in [6.45, 7) is 3.58. The summed E-state index contributed by atoms with van der Waals surface area (Å²) >= 11 is 0. The topological polar surface area (TPSA) is 40.5 Å². The van der Waals surface area contributed by atoms with Gasteiger partial charge in [0.25, 0.3) is 5.91 Å². The van der Waals surface area contributed by atoms with Gasteiger partial charge < -0.3 is 10.0 Å². The van der Waals surface area contributed by atoms with E-state index in [-0.39, 0.29) is 11.8 Å². The number of hydrogen-bond acceptors (Lipinski definition) is 2. The van der Waals surface area contributed by atoms with Gasteiger partial charge >= 0.3 is 0 Å². The lowest BCUT2D eigenvalue weighted by atomic mass is 9.69. The van der Waals surface area contributed by atoms with Crippen molar-refractivity contribution in [2.24, 2.45) is 11.8 Å². The van der Waals surface area contributed by atoms with Crippen LogP contribution in [0.4, 0.5) is 0 Å². The molecule has 0 bridgehead atoms. The predicted octanol–water partition coefficient (Wildman–Crippen LogP) is 2.70. The van der Waals surface area contributed by atoms with Gasteiger partial charge in [0.05, 0.1) is 5.60 Å². The van der Waals surface area contributed by atoms with Crippen molar-refractivity contribution in [2.45, 2.75) is 38.2 Å². The molecule has 1 amide bonds. The number of carbonyl (C=O) groups is 1. The van der Waals surface area contributed by atoms with Crippen LogP contribution >= 0.6 is 0 Å². The molecule has 1 saturated carbocycles. The average Bonchev–Trinajstić information content (AvgIpc) is 2.93. The Morgan fingerprint density at radius 2 is 2.10 bits per heavy atom. The fourth-order valence-electron chi connectivity index (χ4n) is 4.00. The van der Waals surface area contributed by atoms with Gasteiger partial charge in [-0.25, -0.2) is 0 Å². The summed E-state index contributed by atoms with van der Waals surface area (Å²) < 4.78 is 0. The van der Waals surface area contributed by atoms with E-state index in [1.165, 1.54) is 0 Å². The summed E-state index contributed by atoms with van der Waals surface area (Å²) in [7, 11) is 0. The van der Waals surface area contributed by atoms with E-state index < -0.39 is 5.60 Å². The normalized spacial score (nSPS) is 33.0. The van der Waals surface area contributed by atoms with E-state index in [4.69, 9.17) is 0 Å². The number of likely N-dealkylation sites (tertiary alicyclic amines) is 1. The van der Waals surface area contributed by atoms with Gasteiger partial charge in [0, 0.05) is 24.6 Å². The molecule has 0 spiro atoms. The molecule has 0 unspecified atom stereocenters. The van der Waals surface area contributed by atoms with Gasteiger partial charge in [-0.05, 0) is 37.3 Å². The SMILES string of the molecule is CC[C@@]1(O)CCC[C@@H]2CN(C(=O)c3ccccc3)C[C@@H]21. The van der Waals surface area contributed by atoms with Crippen molar-refractivity contribution >= 4 is 5.91 Å². The number of fused-ring (bicyclic) bond motifs is 1. The van der Waals surface area contributed by atoms with Crippen molar-refractivity contribution in [1.82, 2.24) is 4.90 Å². The van der Waals surface area contributed by atoms with Crippen LogP contribution in [0.1, 0.15) is 43.0 Å². The van der Waals surface area contributed by atoms with Gasteiger partial charge in [0.2, 0.25) is 0 Å². The molecule has 1 aromatic rings. The summed E-state index contributed by atoms with van der Waals surface area (Å²) in [6, 6.07) is 9.47. The first kappa shape index (κ1) is 13.6. The maximum atomic E-state index is 12.5. The second-order valence-electron chi connectivity index (χ2n) is 6.29. The zero-order valence-corrected chi connectivity index (χ0v) is 12.1. The van der Waals surface area contributed by atoms with E-state index in [1.807, 2.05) is 35.2 Å². The van der Waals surface area contributed by atoms with Crippen LogP contribution < -0.4 is 0 Å². The fourth-order valence-corrected chi connectivity index (χ4v) is 4.00. The van der Waals surface area contributed by atoms with Gasteiger partial charge in [0.1, 0.15) is 0 Å². The quantitative estimate of drug-likeness (QED) is 0.900. The van der Waals surface area contributed by atoms with Gasteiger partial charge in [-0.3, -0.25) is 4.79 Å². The molecular formula is C17H23NO2. The predicted molar refractivity (Wildman–Crippen MR) is 78.4 cm³/mol. The van der Waals surface area contributed by atoms with Crippen LogP contribution in [0.5, 0.6) is 0 Å². The Bertz CT molecular complexity index is 487. The minimum absolute atomic E-state index is 0.110. The standard InChI is InChI=1S/C17H23NO2/c1-2-17(20)10-6-9-14-11-18(12-15(14)17)16(19)13-7-4-3-5-8-13/h3-5,7-8,14-15,20H,2,6,9-12H2,1H3/t14-,15+,17-/m1/s1. The van der Waals surface area contributed by atoms with Crippen LogP contribution in [-0.4, -0.2) is 34.6 Å².